The summed E-state index contributed by atoms with van der Waals surface area (Å²) in [6.07, 6.45) is 1.86. The van der Waals surface area contributed by atoms with Crippen molar-refractivity contribution in [3.05, 3.63) is 23.8 Å². The molecule has 5 nitrogen and oxygen atoms in total. The van der Waals surface area contributed by atoms with E-state index in [1.54, 1.807) is 0 Å². The first kappa shape index (κ1) is 17.8. The van der Waals surface area contributed by atoms with Crippen molar-refractivity contribution in [1.29, 1.82) is 0 Å². The summed E-state index contributed by atoms with van der Waals surface area (Å²) in [7, 11) is 0. The number of nitrogens with one attached hydrogen (secondary N) is 1. The molecular weight excluding hydrogens is 292 g/mol. The third-order valence-corrected chi connectivity index (χ3v) is 3.77. The molecule has 0 amide bonds. The molecule has 1 aromatic rings. The first-order valence-electron chi connectivity index (χ1n) is 8.60. The summed E-state index contributed by atoms with van der Waals surface area (Å²) in [6.45, 7) is 9.59. The summed E-state index contributed by atoms with van der Waals surface area (Å²) in [6, 6.07) is 5.52. The molecule has 128 valence electrons. The summed E-state index contributed by atoms with van der Waals surface area (Å²) >= 11 is 0. The van der Waals surface area contributed by atoms with Crippen LogP contribution in [0.3, 0.4) is 0 Å². The summed E-state index contributed by atoms with van der Waals surface area (Å²) in [5.74, 6) is 1.53. The quantitative estimate of drug-likeness (QED) is 0.708. The van der Waals surface area contributed by atoms with Gasteiger partial charge >= 0.3 is 0 Å². The minimum atomic E-state index is 0.135. The smallest absolute Gasteiger partial charge is 0.176 e. The maximum atomic E-state index is 12.5. The second-order valence-electron chi connectivity index (χ2n) is 5.81. The molecule has 0 aromatic heterocycles. The largest absolute Gasteiger partial charge is 0.490 e. The molecule has 5 heteroatoms. The van der Waals surface area contributed by atoms with Crippen LogP contribution >= 0.6 is 0 Å². The standard InChI is InChI=1S/C18H28N2O3/c1-3-11-22-17-6-5-15(13-18(17)23-12-4-2)16(21)14-20-9-7-19-8-10-20/h5-6,13,19H,3-4,7-12,14H2,1-2H3. The molecule has 1 aliphatic heterocycles. The van der Waals surface area contributed by atoms with Crippen molar-refractivity contribution in [3.8, 4) is 11.5 Å². The number of Topliss-reactive ketones (excluding diaryl/α,β-unsaturated/α-hetero) is 1. The molecule has 23 heavy (non-hydrogen) atoms. The van der Waals surface area contributed by atoms with E-state index in [1.165, 1.54) is 0 Å². The van der Waals surface area contributed by atoms with Crippen LogP contribution in [0.2, 0.25) is 0 Å². The zero-order valence-corrected chi connectivity index (χ0v) is 14.3. The normalized spacial score (nSPS) is 15.4. The number of nitrogens with zero attached hydrogens (tertiary/aromatic N) is 1. The molecule has 0 unspecified atom stereocenters. The van der Waals surface area contributed by atoms with E-state index in [1.807, 2.05) is 18.2 Å². The van der Waals surface area contributed by atoms with Crippen molar-refractivity contribution in [2.45, 2.75) is 26.7 Å². The maximum Gasteiger partial charge on any atom is 0.176 e. The molecule has 1 aliphatic rings. The van der Waals surface area contributed by atoms with Gasteiger partial charge in [-0.1, -0.05) is 13.8 Å². The lowest BCUT2D eigenvalue weighted by Crippen LogP contribution is -2.45. The molecule has 0 bridgehead atoms. The molecule has 0 aliphatic carbocycles. The third kappa shape index (κ3) is 5.52. The predicted octanol–water partition coefficient (Wildman–Crippen LogP) is 2.35. The lowest BCUT2D eigenvalue weighted by molar-refractivity contribution is 0.0921. The van der Waals surface area contributed by atoms with Crippen LogP contribution in [0.4, 0.5) is 0 Å². The molecule has 1 N–H and O–H groups in total. The van der Waals surface area contributed by atoms with Crippen LogP contribution in [-0.4, -0.2) is 56.6 Å². The molecule has 0 atom stereocenters. The van der Waals surface area contributed by atoms with E-state index < -0.39 is 0 Å². The van der Waals surface area contributed by atoms with E-state index in [4.69, 9.17) is 9.47 Å². The molecule has 1 fully saturated rings. The van der Waals surface area contributed by atoms with Crippen LogP contribution in [-0.2, 0) is 0 Å². The van der Waals surface area contributed by atoms with E-state index in [2.05, 4.69) is 24.1 Å². The Kier molecular flexibility index (Phi) is 7.36. The Balaban J connectivity index is 2.06. The van der Waals surface area contributed by atoms with Gasteiger partial charge in [-0.15, -0.1) is 0 Å². The van der Waals surface area contributed by atoms with Gasteiger partial charge in [0.1, 0.15) is 0 Å². The van der Waals surface area contributed by atoms with Gasteiger partial charge < -0.3 is 14.8 Å². The summed E-state index contributed by atoms with van der Waals surface area (Å²) in [5.41, 5.74) is 0.693. The fourth-order valence-electron chi connectivity index (χ4n) is 2.50. The van der Waals surface area contributed by atoms with Gasteiger partial charge in [0.05, 0.1) is 19.8 Å². The van der Waals surface area contributed by atoms with Crippen LogP contribution in [0.1, 0.15) is 37.0 Å². The number of benzene rings is 1. The van der Waals surface area contributed by atoms with E-state index in [-0.39, 0.29) is 5.78 Å². The van der Waals surface area contributed by atoms with Crippen LogP contribution < -0.4 is 14.8 Å². The van der Waals surface area contributed by atoms with Crippen molar-refractivity contribution in [1.82, 2.24) is 10.2 Å². The molecule has 1 heterocycles. The number of piperazine rings is 1. The summed E-state index contributed by atoms with van der Waals surface area (Å²) in [4.78, 5) is 14.7. The number of ketones is 1. The molecule has 0 spiro atoms. The monoisotopic (exact) mass is 320 g/mol. The number of hydrogen-bond donors (Lipinski definition) is 1. The lowest BCUT2D eigenvalue weighted by Gasteiger charge is -2.26. The van der Waals surface area contributed by atoms with Gasteiger partial charge in [-0.05, 0) is 31.0 Å². The molecular formula is C18H28N2O3. The molecule has 0 saturated carbocycles. The van der Waals surface area contributed by atoms with Crippen molar-refractivity contribution in [3.63, 3.8) is 0 Å². The number of carbonyl (C=O) groups excluding carboxylic acids is 1. The Labute approximate surface area is 139 Å². The number of ether oxygens (including phenoxy) is 2. The Hall–Kier alpha value is -1.59. The van der Waals surface area contributed by atoms with E-state index in [0.717, 1.165) is 44.8 Å². The van der Waals surface area contributed by atoms with Gasteiger partial charge in [0.25, 0.3) is 0 Å². The molecule has 2 rings (SSSR count). The fourth-order valence-corrected chi connectivity index (χ4v) is 2.50. The minimum Gasteiger partial charge on any atom is -0.490 e. The van der Waals surface area contributed by atoms with Crippen molar-refractivity contribution in [2.24, 2.45) is 0 Å². The minimum absolute atomic E-state index is 0.135. The maximum absolute atomic E-state index is 12.5. The first-order chi connectivity index (χ1) is 11.2. The van der Waals surface area contributed by atoms with Gasteiger partial charge in [0.15, 0.2) is 17.3 Å². The highest BCUT2D eigenvalue weighted by Crippen LogP contribution is 2.29. The molecule has 1 saturated heterocycles. The van der Waals surface area contributed by atoms with Crippen LogP contribution in [0.5, 0.6) is 11.5 Å². The molecule has 0 radical (unpaired) electrons. The zero-order valence-electron chi connectivity index (χ0n) is 14.3. The van der Waals surface area contributed by atoms with Crippen LogP contribution in [0.15, 0.2) is 18.2 Å². The predicted molar refractivity (Wildman–Crippen MR) is 91.7 cm³/mol. The van der Waals surface area contributed by atoms with Gasteiger partial charge in [0.2, 0.25) is 0 Å². The highest BCUT2D eigenvalue weighted by Gasteiger charge is 2.17. The van der Waals surface area contributed by atoms with Gasteiger partial charge in [-0.25, -0.2) is 0 Å². The van der Waals surface area contributed by atoms with E-state index in [0.29, 0.717) is 31.1 Å². The SMILES string of the molecule is CCCOc1ccc(C(=O)CN2CCNCC2)cc1OCCC. The number of rotatable bonds is 9. The Morgan fingerprint density at radius 2 is 1.74 bits per heavy atom. The summed E-state index contributed by atoms with van der Waals surface area (Å²) < 4.78 is 11.5. The molecule has 1 aromatic carbocycles. The Bertz CT molecular complexity index is 499. The average molecular weight is 320 g/mol. The fraction of sp³-hybridized carbons (Fsp3) is 0.611. The van der Waals surface area contributed by atoms with E-state index in [9.17, 15) is 4.79 Å². The lowest BCUT2D eigenvalue weighted by atomic mass is 10.1. The van der Waals surface area contributed by atoms with Gasteiger partial charge in [0, 0.05) is 31.7 Å². The van der Waals surface area contributed by atoms with Gasteiger partial charge in [-0.2, -0.15) is 0 Å². The highest BCUT2D eigenvalue weighted by molar-refractivity contribution is 5.98. The topological polar surface area (TPSA) is 50.8 Å². The van der Waals surface area contributed by atoms with Crippen molar-refractivity contribution < 1.29 is 14.3 Å². The van der Waals surface area contributed by atoms with Crippen LogP contribution in [0.25, 0.3) is 0 Å². The van der Waals surface area contributed by atoms with Crippen molar-refractivity contribution >= 4 is 5.78 Å². The highest BCUT2D eigenvalue weighted by atomic mass is 16.5. The Morgan fingerprint density at radius 1 is 1.09 bits per heavy atom. The average Bonchev–Trinajstić information content (AvgIpc) is 2.59. The Morgan fingerprint density at radius 3 is 2.39 bits per heavy atom. The van der Waals surface area contributed by atoms with Gasteiger partial charge in [-0.3, -0.25) is 9.69 Å². The second kappa shape index (κ2) is 9.53. The van der Waals surface area contributed by atoms with Crippen molar-refractivity contribution in [2.75, 3.05) is 45.9 Å². The summed E-state index contributed by atoms with van der Waals surface area (Å²) in [5, 5.41) is 3.30. The van der Waals surface area contributed by atoms with Crippen LogP contribution in [0, 0.1) is 0 Å². The van der Waals surface area contributed by atoms with E-state index >= 15 is 0 Å². The zero-order chi connectivity index (χ0) is 16.5. The second-order valence-corrected chi connectivity index (χ2v) is 5.81. The number of hydrogen-bond acceptors (Lipinski definition) is 5. The third-order valence-electron chi connectivity index (χ3n) is 3.77. The number of carbonyl (C=O) groups is 1. The first-order valence-corrected chi connectivity index (χ1v) is 8.60.